The van der Waals surface area contributed by atoms with E-state index >= 15 is 0 Å². The first-order valence-electron chi connectivity index (χ1n) is 7.56. The largest absolute Gasteiger partial charge is 0.461 e. The third kappa shape index (κ3) is 2.35. The van der Waals surface area contributed by atoms with Gasteiger partial charge < -0.3 is 18.8 Å². The molecule has 7 heteroatoms. The zero-order valence-electron chi connectivity index (χ0n) is 12.3. The highest BCUT2D eigenvalue weighted by Gasteiger charge is 2.48. The standard InChI is InChI=1S/C15H19N3O4/c19-9-15-8-18(6-11(15)3-5-20-10-15)7-13-16-14(17-22-13)12-2-1-4-21-12/h1-2,4,11,19H,3,5-10H2/t11-,15+/m0/s1. The molecule has 0 radical (unpaired) electrons. The van der Waals surface area contributed by atoms with Gasteiger partial charge >= 0.3 is 0 Å². The molecular formula is C15H19N3O4. The second-order valence-corrected chi connectivity index (χ2v) is 6.22. The van der Waals surface area contributed by atoms with Gasteiger partial charge in [-0.2, -0.15) is 4.98 Å². The summed E-state index contributed by atoms with van der Waals surface area (Å²) in [7, 11) is 0. The zero-order valence-corrected chi connectivity index (χ0v) is 12.3. The van der Waals surface area contributed by atoms with Gasteiger partial charge in [-0.15, -0.1) is 0 Å². The predicted octanol–water partition coefficient (Wildman–Crippen LogP) is 1.16. The molecule has 0 amide bonds. The van der Waals surface area contributed by atoms with E-state index in [1.54, 1.807) is 18.4 Å². The van der Waals surface area contributed by atoms with Crippen LogP contribution in [0.2, 0.25) is 0 Å². The fraction of sp³-hybridized carbons (Fsp3) is 0.600. The average Bonchev–Trinajstić information content (AvgIpc) is 3.26. The number of aliphatic hydroxyl groups is 1. The zero-order chi connectivity index (χ0) is 15.0. The van der Waals surface area contributed by atoms with Crippen molar-refractivity contribution in [3.8, 4) is 11.6 Å². The van der Waals surface area contributed by atoms with Crippen LogP contribution in [0.1, 0.15) is 12.3 Å². The second kappa shape index (κ2) is 5.49. The van der Waals surface area contributed by atoms with Crippen molar-refractivity contribution in [1.29, 1.82) is 0 Å². The minimum absolute atomic E-state index is 0.137. The van der Waals surface area contributed by atoms with E-state index in [9.17, 15) is 5.11 Å². The van der Waals surface area contributed by atoms with Crippen LogP contribution in [0.5, 0.6) is 0 Å². The lowest BCUT2D eigenvalue weighted by Gasteiger charge is -2.36. The Labute approximate surface area is 127 Å². The number of ether oxygens (including phenoxy) is 1. The molecule has 2 saturated heterocycles. The summed E-state index contributed by atoms with van der Waals surface area (Å²) in [5.41, 5.74) is -0.137. The number of aromatic nitrogens is 2. The first-order valence-corrected chi connectivity index (χ1v) is 7.56. The molecule has 118 valence electrons. The molecule has 7 nitrogen and oxygen atoms in total. The molecule has 0 bridgehead atoms. The Kier molecular flexibility index (Phi) is 3.48. The molecule has 0 aliphatic carbocycles. The monoisotopic (exact) mass is 305 g/mol. The van der Waals surface area contributed by atoms with E-state index in [0.29, 0.717) is 36.5 Å². The summed E-state index contributed by atoms with van der Waals surface area (Å²) in [5, 5.41) is 13.7. The van der Waals surface area contributed by atoms with Gasteiger partial charge in [-0.05, 0) is 24.5 Å². The summed E-state index contributed by atoms with van der Waals surface area (Å²) in [5.74, 6) is 2.11. The fourth-order valence-corrected chi connectivity index (χ4v) is 3.57. The van der Waals surface area contributed by atoms with Crippen molar-refractivity contribution in [3.05, 3.63) is 24.3 Å². The van der Waals surface area contributed by atoms with Crippen molar-refractivity contribution in [2.45, 2.75) is 13.0 Å². The van der Waals surface area contributed by atoms with Gasteiger partial charge in [0.15, 0.2) is 5.76 Å². The molecule has 2 atom stereocenters. The highest BCUT2D eigenvalue weighted by molar-refractivity contribution is 5.44. The molecule has 2 aliphatic heterocycles. The third-order valence-corrected chi connectivity index (χ3v) is 4.77. The van der Waals surface area contributed by atoms with Crippen molar-refractivity contribution in [2.24, 2.45) is 11.3 Å². The molecule has 0 spiro atoms. The molecule has 0 saturated carbocycles. The van der Waals surface area contributed by atoms with Crippen LogP contribution >= 0.6 is 0 Å². The maximum atomic E-state index is 9.79. The molecule has 4 heterocycles. The molecule has 2 fully saturated rings. The van der Waals surface area contributed by atoms with Crippen molar-refractivity contribution in [1.82, 2.24) is 15.0 Å². The predicted molar refractivity (Wildman–Crippen MR) is 75.7 cm³/mol. The molecular weight excluding hydrogens is 286 g/mol. The lowest BCUT2D eigenvalue weighted by molar-refractivity contribution is -0.0562. The number of furan rings is 1. The second-order valence-electron chi connectivity index (χ2n) is 6.22. The summed E-state index contributed by atoms with van der Waals surface area (Å²) in [6, 6.07) is 3.60. The van der Waals surface area contributed by atoms with Gasteiger partial charge in [-0.3, -0.25) is 4.90 Å². The number of hydrogen-bond acceptors (Lipinski definition) is 7. The van der Waals surface area contributed by atoms with Crippen LogP contribution in [0.25, 0.3) is 11.6 Å². The van der Waals surface area contributed by atoms with Crippen molar-refractivity contribution in [2.75, 3.05) is 32.9 Å². The first kappa shape index (κ1) is 13.9. The SMILES string of the molecule is OC[C@]12COCC[C@H]1CN(Cc1nc(-c3ccco3)no1)C2. The highest BCUT2D eigenvalue weighted by atomic mass is 16.5. The number of aliphatic hydroxyl groups excluding tert-OH is 1. The van der Waals surface area contributed by atoms with Crippen LogP contribution in [0.3, 0.4) is 0 Å². The van der Waals surface area contributed by atoms with Crippen LogP contribution in [-0.4, -0.2) is 53.1 Å². The summed E-state index contributed by atoms with van der Waals surface area (Å²) in [4.78, 5) is 6.63. The molecule has 1 N–H and O–H groups in total. The van der Waals surface area contributed by atoms with Crippen LogP contribution in [0, 0.1) is 11.3 Å². The van der Waals surface area contributed by atoms with E-state index in [1.807, 2.05) is 0 Å². The lowest BCUT2D eigenvalue weighted by atomic mass is 9.76. The van der Waals surface area contributed by atoms with Crippen LogP contribution in [-0.2, 0) is 11.3 Å². The van der Waals surface area contributed by atoms with E-state index in [0.717, 1.165) is 26.1 Å². The van der Waals surface area contributed by atoms with E-state index < -0.39 is 0 Å². The maximum absolute atomic E-state index is 9.79. The number of nitrogens with zero attached hydrogens (tertiary/aromatic N) is 3. The van der Waals surface area contributed by atoms with Gasteiger partial charge in [0.1, 0.15) is 0 Å². The van der Waals surface area contributed by atoms with Gasteiger partial charge in [0, 0.05) is 25.1 Å². The Balaban J connectivity index is 1.46. The Morgan fingerprint density at radius 2 is 2.41 bits per heavy atom. The number of hydrogen-bond donors (Lipinski definition) is 1. The summed E-state index contributed by atoms with van der Waals surface area (Å²) in [6.07, 6.45) is 2.58. The van der Waals surface area contributed by atoms with Gasteiger partial charge in [0.2, 0.25) is 11.7 Å². The van der Waals surface area contributed by atoms with Crippen molar-refractivity contribution >= 4 is 0 Å². The average molecular weight is 305 g/mol. The smallest absolute Gasteiger partial charge is 0.241 e. The lowest BCUT2D eigenvalue weighted by Crippen LogP contribution is -2.42. The Morgan fingerprint density at radius 1 is 1.45 bits per heavy atom. The van der Waals surface area contributed by atoms with E-state index in [-0.39, 0.29) is 12.0 Å². The van der Waals surface area contributed by atoms with Gasteiger partial charge in [-0.25, -0.2) is 0 Å². The maximum Gasteiger partial charge on any atom is 0.241 e. The minimum Gasteiger partial charge on any atom is -0.461 e. The number of rotatable bonds is 4. The fourth-order valence-electron chi connectivity index (χ4n) is 3.57. The van der Waals surface area contributed by atoms with Crippen molar-refractivity contribution < 1.29 is 18.8 Å². The molecule has 0 unspecified atom stereocenters. The molecule has 2 aromatic heterocycles. The normalized spacial score (nSPS) is 28.9. The summed E-state index contributed by atoms with van der Waals surface area (Å²) >= 11 is 0. The molecule has 4 rings (SSSR count). The molecule has 22 heavy (non-hydrogen) atoms. The first-order chi connectivity index (χ1) is 10.8. The number of fused-ring (bicyclic) bond motifs is 1. The summed E-state index contributed by atoms with van der Waals surface area (Å²) < 4.78 is 16.2. The van der Waals surface area contributed by atoms with Gasteiger partial charge in [0.25, 0.3) is 0 Å². The van der Waals surface area contributed by atoms with Crippen LogP contribution in [0.15, 0.2) is 27.3 Å². The Morgan fingerprint density at radius 3 is 3.18 bits per heavy atom. The van der Waals surface area contributed by atoms with Crippen molar-refractivity contribution in [3.63, 3.8) is 0 Å². The van der Waals surface area contributed by atoms with Crippen LogP contribution in [0.4, 0.5) is 0 Å². The van der Waals surface area contributed by atoms with E-state index in [4.69, 9.17) is 13.7 Å². The highest BCUT2D eigenvalue weighted by Crippen LogP contribution is 2.41. The van der Waals surface area contributed by atoms with E-state index in [1.165, 1.54) is 0 Å². The Bertz CT molecular complexity index is 627. The number of likely N-dealkylation sites (tertiary alicyclic amines) is 1. The molecule has 0 aromatic carbocycles. The van der Waals surface area contributed by atoms with E-state index in [2.05, 4.69) is 15.0 Å². The Hall–Kier alpha value is -1.70. The van der Waals surface area contributed by atoms with Crippen LogP contribution < -0.4 is 0 Å². The molecule has 2 aromatic rings. The van der Waals surface area contributed by atoms with Gasteiger partial charge in [-0.1, -0.05) is 5.16 Å². The summed E-state index contributed by atoms with van der Waals surface area (Å²) in [6.45, 7) is 3.90. The minimum atomic E-state index is -0.137. The molecule has 2 aliphatic rings. The quantitative estimate of drug-likeness (QED) is 0.907. The van der Waals surface area contributed by atoms with Gasteiger partial charge in [0.05, 0.1) is 26.0 Å². The third-order valence-electron chi connectivity index (χ3n) is 4.77. The topological polar surface area (TPSA) is 84.8 Å².